The molecule has 0 amide bonds. The van der Waals surface area contributed by atoms with Crippen molar-refractivity contribution in [1.29, 1.82) is 0 Å². The van der Waals surface area contributed by atoms with E-state index < -0.39 is 7.15 Å². The molecule has 0 bridgehead atoms. The quantitative estimate of drug-likeness (QED) is 0.687. The summed E-state index contributed by atoms with van der Waals surface area (Å²) in [4.78, 5) is 0. The maximum absolute atomic E-state index is 11.8. The summed E-state index contributed by atoms with van der Waals surface area (Å²) in [5, 5.41) is 0. The van der Waals surface area contributed by atoms with Crippen LogP contribution in [0.25, 0.3) is 0 Å². The third-order valence-electron chi connectivity index (χ3n) is 2.85. The van der Waals surface area contributed by atoms with Gasteiger partial charge in [0.25, 0.3) is 0 Å². The summed E-state index contributed by atoms with van der Waals surface area (Å²) in [6.45, 7) is 0. The summed E-state index contributed by atoms with van der Waals surface area (Å²) >= 11 is 5.87. The summed E-state index contributed by atoms with van der Waals surface area (Å²) in [7, 11) is -1.85. The average Bonchev–Trinajstić information content (AvgIpc) is 2.35. The molecule has 1 aliphatic rings. The molecular weight excluding hydrogens is 255 g/mol. The average molecular weight is 264 g/mol. The minimum Gasteiger partial charge on any atom is -0.456 e. The van der Waals surface area contributed by atoms with Gasteiger partial charge in [-0.15, -0.1) is 0 Å². The number of halogens is 1. The normalized spacial score (nSPS) is 14.5. The Morgan fingerprint density at radius 2 is 1.41 bits per heavy atom. The predicted molar refractivity (Wildman–Crippen MR) is 68.3 cm³/mol. The number of hydrogen-bond acceptors (Lipinski definition) is 2. The van der Waals surface area contributed by atoms with Crippen molar-refractivity contribution in [2.75, 3.05) is 0 Å². The number of fused-ring (bicyclic) bond motifs is 2. The Morgan fingerprint density at radius 3 is 1.88 bits per heavy atom. The van der Waals surface area contributed by atoms with Gasteiger partial charge in [0.1, 0.15) is 11.5 Å². The molecule has 2 aromatic rings. The molecule has 0 N–H and O–H groups in total. The van der Waals surface area contributed by atoms with Gasteiger partial charge in [-0.1, -0.05) is 41.0 Å². The Kier molecular flexibility index (Phi) is 2.62. The molecule has 0 saturated carbocycles. The van der Waals surface area contributed by atoms with E-state index >= 15 is 0 Å². The molecule has 0 fully saturated rings. The molecule has 84 valence electrons. The topological polar surface area (TPSA) is 26.3 Å². The van der Waals surface area contributed by atoms with Crippen LogP contribution >= 0.6 is 18.4 Å². The monoisotopic (exact) mass is 263 g/mol. The zero-order valence-electron chi connectivity index (χ0n) is 8.84. The summed E-state index contributed by atoms with van der Waals surface area (Å²) < 4.78 is 17.6. The minimum atomic E-state index is -1.85. The van der Waals surface area contributed by atoms with E-state index in [1.54, 1.807) is 0 Å². The Labute approximate surface area is 105 Å². The fourth-order valence-corrected chi connectivity index (χ4v) is 3.60. The van der Waals surface area contributed by atoms with Gasteiger partial charge in [-0.25, -0.2) is 0 Å². The number of benzene rings is 2. The lowest BCUT2D eigenvalue weighted by molar-refractivity contribution is 0.457. The van der Waals surface area contributed by atoms with Gasteiger partial charge in [0.05, 0.1) is 11.1 Å². The molecule has 1 atom stereocenters. The van der Waals surface area contributed by atoms with Crippen LogP contribution in [-0.2, 0) is 4.57 Å². The van der Waals surface area contributed by atoms with Gasteiger partial charge >= 0.3 is 7.15 Å². The molecule has 0 aromatic heterocycles. The van der Waals surface area contributed by atoms with Crippen molar-refractivity contribution >= 4 is 18.4 Å². The number of para-hydroxylation sites is 2. The molecule has 0 spiro atoms. The van der Waals surface area contributed by atoms with Crippen molar-refractivity contribution in [3.05, 3.63) is 59.7 Å². The van der Waals surface area contributed by atoms with E-state index in [9.17, 15) is 4.57 Å². The van der Waals surface area contributed by atoms with Crippen LogP contribution in [0.2, 0.25) is 0 Å². The molecule has 0 radical (unpaired) electrons. The second kappa shape index (κ2) is 4.14. The minimum absolute atomic E-state index is 0.284. The molecule has 0 aliphatic carbocycles. The molecule has 17 heavy (non-hydrogen) atoms. The zero-order chi connectivity index (χ0) is 11.8. The van der Waals surface area contributed by atoms with Crippen LogP contribution in [0, 0.1) is 0 Å². The first-order valence-corrected chi connectivity index (χ1v) is 7.48. The van der Waals surface area contributed by atoms with Gasteiger partial charge < -0.3 is 4.74 Å². The van der Waals surface area contributed by atoms with Crippen LogP contribution in [0.1, 0.15) is 16.8 Å². The molecule has 2 nitrogen and oxygen atoms in total. The Balaban J connectivity index is 2.24. The summed E-state index contributed by atoms with van der Waals surface area (Å²) in [5.41, 5.74) is 1.50. The van der Waals surface area contributed by atoms with Crippen molar-refractivity contribution in [3.8, 4) is 11.5 Å². The van der Waals surface area contributed by atoms with Gasteiger partial charge in [0.2, 0.25) is 16.9 Å². The third-order valence-corrected chi connectivity index (χ3v) is 4.40. The Morgan fingerprint density at radius 1 is 0.941 bits per heavy atom. The van der Waals surface area contributed by atoms with Crippen molar-refractivity contribution in [1.82, 2.24) is 0 Å². The van der Waals surface area contributed by atoms with Gasteiger partial charge in [-0.3, -0.25) is 0 Å². The highest BCUT2D eigenvalue weighted by atomic mass is 35.7. The van der Waals surface area contributed by atoms with Crippen LogP contribution in [0.15, 0.2) is 48.5 Å². The molecule has 1 heterocycles. The van der Waals surface area contributed by atoms with E-state index in [0.717, 1.165) is 22.6 Å². The van der Waals surface area contributed by atoms with Crippen LogP contribution < -0.4 is 4.74 Å². The van der Waals surface area contributed by atoms with E-state index in [2.05, 4.69) is 0 Å². The van der Waals surface area contributed by atoms with Gasteiger partial charge in [0, 0.05) is 0 Å². The van der Waals surface area contributed by atoms with Crippen molar-refractivity contribution in [2.45, 2.75) is 5.66 Å². The van der Waals surface area contributed by atoms with Crippen LogP contribution in [0.4, 0.5) is 0 Å². The Hall–Kier alpha value is -1.37. The molecule has 1 aliphatic heterocycles. The lowest BCUT2D eigenvalue weighted by Crippen LogP contribution is -2.06. The zero-order valence-corrected chi connectivity index (χ0v) is 10.5. The number of hydrogen-bond donors (Lipinski definition) is 0. The van der Waals surface area contributed by atoms with Gasteiger partial charge in [-0.2, -0.15) is 0 Å². The fourth-order valence-electron chi connectivity index (χ4n) is 2.10. The highest BCUT2D eigenvalue weighted by Crippen LogP contribution is 2.57. The molecule has 0 saturated heterocycles. The molecular formula is C13H9ClO2P+. The second-order valence-electron chi connectivity index (χ2n) is 3.85. The largest absolute Gasteiger partial charge is 0.467 e. The summed E-state index contributed by atoms with van der Waals surface area (Å²) in [5.74, 6) is 1.47. The maximum Gasteiger partial charge on any atom is 0.467 e. The fraction of sp³-hybridized carbons (Fsp3) is 0.0769. The van der Waals surface area contributed by atoms with Gasteiger partial charge in [-0.05, 0) is 12.1 Å². The highest BCUT2D eigenvalue weighted by molar-refractivity contribution is 7.74. The first-order valence-electron chi connectivity index (χ1n) is 5.25. The van der Waals surface area contributed by atoms with E-state index in [-0.39, 0.29) is 5.66 Å². The standard InChI is InChI=1S/C13H9ClO2P/c14-17(15)13-9-5-1-3-7-11(9)16-12-8-4-2-6-10(12)13/h1-8,13H/q+1. The smallest absolute Gasteiger partial charge is 0.456 e. The number of ether oxygens (including phenoxy) is 1. The highest BCUT2D eigenvalue weighted by Gasteiger charge is 2.40. The number of rotatable bonds is 1. The van der Waals surface area contributed by atoms with Gasteiger partial charge in [0.15, 0.2) is 0 Å². The van der Waals surface area contributed by atoms with E-state index in [0.29, 0.717) is 0 Å². The van der Waals surface area contributed by atoms with E-state index in [1.165, 1.54) is 0 Å². The lowest BCUT2D eigenvalue weighted by atomic mass is 10.00. The molecule has 4 heteroatoms. The predicted octanol–water partition coefficient (Wildman–Crippen LogP) is 4.86. The third kappa shape index (κ3) is 1.74. The maximum atomic E-state index is 11.8. The molecule has 1 unspecified atom stereocenters. The summed E-state index contributed by atoms with van der Waals surface area (Å²) in [6.07, 6.45) is 0. The molecule has 3 rings (SSSR count). The van der Waals surface area contributed by atoms with Crippen LogP contribution in [0.3, 0.4) is 0 Å². The molecule has 2 aromatic carbocycles. The Bertz CT molecular complexity index is 552. The first-order chi connectivity index (χ1) is 8.27. The van der Waals surface area contributed by atoms with E-state index in [1.807, 2.05) is 48.5 Å². The lowest BCUT2D eigenvalue weighted by Gasteiger charge is -2.21. The van der Waals surface area contributed by atoms with Crippen molar-refractivity contribution in [3.63, 3.8) is 0 Å². The summed E-state index contributed by atoms with van der Waals surface area (Å²) in [6, 6.07) is 15.1. The second-order valence-corrected chi connectivity index (χ2v) is 5.91. The first kappa shape index (κ1) is 10.8. The van der Waals surface area contributed by atoms with Crippen molar-refractivity contribution < 1.29 is 9.30 Å². The van der Waals surface area contributed by atoms with E-state index in [4.69, 9.17) is 16.0 Å². The van der Waals surface area contributed by atoms with Crippen molar-refractivity contribution in [2.24, 2.45) is 0 Å². The SMILES string of the molecule is O=[P+](Cl)C1c2ccccc2Oc2ccccc21. The van der Waals surface area contributed by atoms with Crippen LogP contribution in [-0.4, -0.2) is 0 Å². The van der Waals surface area contributed by atoms with Crippen LogP contribution in [0.5, 0.6) is 11.5 Å².